The zero-order valence-electron chi connectivity index (χ0n) is 13.2. The third kappa shape index (κ3) is 2.97. The van der Waals surface area contributed by atoms with Crippen LogP contribution in [0.3, 0.4) is 0 Å². The van der Waals surface area contributed by atoms with E-state index in [4.69, 9.17) is 0 Å². The number of benzene rings is 2. The molecule has 3 rings (SSSR count). The van der Waals surface area contributed by atoms with Crippen LogP contribution in [0.2, 0.25) is 0 Å². The van der Waals surface area contributed by atoms with Crippen molar-refractivity contribution in [1.82, 2.24) is 0 Å². The van der Waals surface area contributed by atoms with Crippen LogP contribution in [-0.4, -0.2) is 6.04 Å². The lowest BCUT2D eigenvalue weighted by Gasteiger charge is -2.18. The number of nitrogens with one attached hydrogen (secondary N) is 1. The Balaban J connectivity index is 1.77. The van der Waals surface area contributed by atoms with Crippen LogP contribution < -0.4 is 5.32 Å². The molecule has 0 aliphatic heterocycles. The van der Waals surface area contributed by atoms with Gasteiger partial charge in [0.25, 0.3) is 0 Å². The first-order valence-electron chi connectivity index (χ1n) is 8.29. The Kier molecular flexibility index (Phi) is 4.28. The van der Waals surface area contributed by atoms with Gasteiger partial charge in [0.2, 0.25) is 0 Å². The second-order valence-electron chi connectivity index (χ2n) is 6.10. The van der Waals surface area contributed by atoms with Gasteiger partial charge in [-0.05, 0) is 53.6 Å². The summed E-state index contributed by atoms with van der Waals surface area (Å²) in [6.07, 6.45) is 6.12. The smallest absolute Gasteiger partial charge is 0.0345 e. The maximum Gasteiger partial charge on any atom is 0.0345 e. The van der Waals surface area contributed by atoms with Crippen molar-refractivity contribution < 1.29 is 0 Å². The highest BCUT2D eigenvalue weighted by Crippen LogP contribution is 2.37. The zero-order chi connectivity index (χ0) is 14.7. The van der Waals surface area contributed by atoms with Gasteiger partial charge < -0.3 is 5.32 Å². The molecule has 0 heterocycles. The van der Waals surface area contributed by atoms with Crippen molar-refractivity contribution >= 4 is 5.69 Å². The summed E-state index contributed by atoms with van der Waals surface area (Å²) in [6, 6.07) is 16.3. The highest BCUT2D eigenvalue weighted by molar-refractivity contribution is 5.78. The van der Waals surface area contributed by atoms with E-state index in [9.17, 15) is 0 Å². The second-order valence-corrected chi connectivity index (χ2v) is 6.10. The van der Waals surface area contributed by atoms with E-state index in [1.807, 2.05) is 0 Å². The van der Waals surface area contributed by atoms with Crippen LogP contribution in [0.1, 0.15) is 50.7 Å². The van der Waals surface area contributed by atoms with E-state index in [-0.39, 0.29) is 0 Å². The van der Waals surface area contributed by atoms with Crippen LogP contribution in [0, 0.1) is 0 Å². The van der Waals surface area contributed by atoms with Crippen molar-refractivity contribution in [2.24, 2.45) is 0 Å². The summed E-state index contributed by atoms with van der Waals surface area (Å²) in [7, 11) is 0. The summed E-state index contributed by atoms with van der Waals surface area (Å²) in [4.78, 5) is 0. The molecule has 1 heteroatoms. The van der Waals surface area contributed by atoms with E-state index in [0.717, 1.165) is 6.42 Å². The van der Waals surface area contributed by atoms with E-state index in [1.165, 1.54) is 53.6 Å². The van der Waals surface area contributed by atoms with Crippen molar-refractivity contribution in [2.45, 2.75) is 52.0 Å². The van der Waals surface area contributed by atoms with Crippen LogP contribution in [0.5, 0.6) is 0 Å². The molecule has 0 spiro atoms. The second kappa shape index (κ2) is 6.34. The van der Waals surface area contributed by atoms with Crippen LogP contribution in [0.4, 0.5) is 5.69 Å². The molecule has 2 aromatic carbocycles. The summed E-state index contributed by atoms with van der Waals surface area (Å²) in [5.74, 6) is 0. The molecule has 0 aromatic heterocycles. The Morgan fingerprint density at radius 3 is 2.62 bits per heavy atom. The third-order valence-corrected chi connectivity index (χ3v) is 4.56. The average molecular weight is 279 g/mol. The highest BCUT2D eigenvalue weighted by Gasteiger charge is 2.18. The third-order valence-electron chi connectivity index (χ3n) is 4.56. The topological polar surface area (TPSA) is 12.0 Å². The molecule has 0 fully saturated rings. The van der Waals surface area contributed by atoms with E-state index in [1.54, 1.807) is 0 Å². The van der Waals surface area contributed by atoms with E-state index >= 15 is 0 Å². The molecule has 1 aliphatic carbocycles. The van der Waals surface area contributed by atoms with Gasteiger partial charge in [-0.25, -0.2) is 0 Å². The van der Waals surface area contributed by atoms with Crippen molar-refractivity contribution in [3.05, 3.63) is 53.6 Å². The monoisotopic (exact) mass is 279 g/mol. The molecule has 0 bridgehead atoms. The highest BCUT2D eigenvalue weighted by atomic mass is 14.9. The fraction of sp³-hybridized carbons (Fsp3) is 0.400. The van der Waals surface area contributed by atoms with Crippen LogP contribution in [-0.2, 0) is 6.42 Å². The maximum absolute atomic E-state index is 3.72. The molecule has 1 unspecified atom stereocenters. The molecule has 110 valence electrons. The van der Waals surface area contributed by atoms with Gasteiger partial charge in [-0.1, -0.05) is 57.0 Å². The number of fused-ring (bicyclic) bond motifs is 3. The summed E-state index contributed by atoms with van der Waals surface area (Å²) < 4.78 is 0. The van der Waals surface area contributed by atoms with Gasteiger partial charge in [-0.3, -0.25) is 0 Å². The van der Waals surface area contributed by atoms with Gasteiger partial charge in [-0.15, -0.1) is 0 Å². The fourth-order valence-electron chi connectivity index (χ4n) is 3.30. The lowest BCUT2D eigenvalue weighted by Crippen LogP contribution is -2.18. The Morgan fingerprint density at radius 2 is 1.81 bits per heavy atom. The Bertz CT molecular complexity index is 615. The van der Waals surface area contributed by atoms with E-state index < -0.39 is 0 Å². The van der Waals surface area contributed by atoms with Crippen molar-refractivity contribution in [3.63, 3.8) is 0 Å². The molecule has 0 amide bonds. The van der Waals surface area contributed by atoms with E-state index in [0.29, 0.717) is 6.04 Å². The minimum atomic E-state index is 0.603. The minimum absolute atomic E-state index is 0.603. The number of unbranched alkanes of at least 4 members (excludes halogenated alkanes) is 1. The van der Waals surface area contributed by atoms with Gasteiger partial charge in [-0.2, -0.15) is 0 Å². The largest absolute Gasteiger partial charge is 0.382 e. The molecule has 1 N–H and O–H groups in total. The molecule has 1 aliphatic rings. The first-order valence-corrected chi connectivity index (χ1v) is 8.29. The summed E-state index contributed by atoms with van der Waals surface area (Å²) in [5.41, 5.74) is 7.04. The standard InChI is InChI=1S/C20H25N/c1-3-5-9-17(4-2)21-18-11-12-20-16(14-18)13-15-8-6-7-10-19(15)20/h6-8,10-12,14,17,21H,3-5,9,13H2,1-2H3. The van der Waals surface area contributed by atoms with Gasteiger partial charge in [0.05, 0.1) is 0 Å². The van der Waals surface area contributed by atoms with E-state index in [2.05, 4.69) is 61.6 Å². The number of hydrogen-bond donors (Lipinski definition) is 1. The van der Waals surface area contributed by atoms with Crippen molar-refractivity contribution in [2.75, 3.05) is 5.32 Å². The number of hydrogen-bond acceptors (Lipinski definition) is 1. The molecule has 1 nitrogen and oxygen atoms in total. The van der Waals surface area contributed by atoms with Crippen LogP contribution in [0.15, 0.2) is 42.5 Å². The maximum atomic E-state index is 3.72. The molecule has 1 atom stereocenters. The molecule has 21 heavy (non-hydrogen) atoms. The molecule has 0 saturated heterocycles. The Morgan fingerprint density at radius 1 is 1.00 bits per heavy atom. The number of rotatable bonds is 6. The van der Waals surface area contributed by atoms with Crippen molar-refractivity contribution in [3.8, 4) is 11.1 Å². The molecule has 0 saturated carbocycles. The molecular weight excluding hydrogens is 254 g/mol. The molecular formula is C20H25N. The minimum Gasteiger partial charge on any atom is -0.382 e. The van der Waals surface area contributed by atoms with Crippen LogP contribution >= 0.6 is 0 Å². The van der Waals surface area contributed by atoms with Gasteiger partial charge in [0.1, 0.15) is 0 Å². The first-order chi connectivity index (χ1) is 10.3. The SMILES string of the molecule is CCCCC(CC)Nc1ccc2c(c1)Cc1ccccc1-2. The fourth-order valence-corrected chi connectivity index (χ4v) is 3.30. The average Bonchev–Trinajstić information content (AvgIpc) is 2.89. The normalized spacial score (nSPS) is 13.6. The van der Waals surface area contributed by atoms with Gasteiger partial charge >= 0.3 is 0 Å². The van der Waals surface area contributed by atoms with Crippen molar-refractivity contribution in [1.29, 1.82) is 0 Å². The molecule has 2 aromatic rings. The lowest BCUT2D eigenvalue weighted by molar-refractivity contribution is 0.593. The van der Waals surface area contributed by atoms with Gasteiger partial charge in [0, 0.05) is 11.7 Å². The van der Waals surface area contributed by atoms with Gasteiger partial charge in [0.15, 0.2) is 0 Å². The lowest BCUT2D eigenvalue weighted by atomic mass is 10.0. The quantitative estimate of drug-likeness (QED) is 0.616. The Labute approximate surface area is 128 Å². The Hall–Kier alpha value is -1.76. The predicted molar refractivity (Wildman–Crippen MR) is 91.9 cm³/mol. The summed E-state index contributed by atoms with van der Waals surface area (Å²) in [6.45, 7) is 4.54. The zero-order valence-corrected chi connectivity index (χ0v) is 13.2. The molecule has 0 radical (unpaired) electrons. The van der Waals surface area contributed by atoms with Crippen LogP contribution in [0.25, 0.3) is 11.1 Å². The summed E-state index contributed by atoms with van der Waals surface area (Å²) in [5, 5.41) is 3.72. The summed E-state index contributed by atoms with van der Waals surface area (Å²) >= 11 is 0. The first kappa shape index (κ1) is 14.2. The predicted octanol–water partition coefficient (Wildman–Crippen LogP) is 5.64. The number of anilines is 1.